The number of piperazine rings is 1. The van der Waals surface area contributed by atoms with Crippen LogP contribution in [0.3, 0.4) is 0 Å². The number of carbonyl (C=O) groups is 1. The molecule has 1 fully saturated rings. The van der Waals surface area contributed by atoms with Gasteiger partial charge in [0.15, 0.2) is 5.16 Å². The molecule has 1 saturated heterocycles. The van der Waals surface area contributed by atoms with E-state index in [1.165, 1.54) is 28.6 Å². The summed E-state index contributed by atoms with van der Waals surface area (Å²) in [6.45, 7) is 9.42. The lowest BCUT2D eigenvalue weighted by Gasteiger charge is -2.37. The van der Waals surface area contributed by atoms with Crippen molar-refractivity contribution < 1.29 is 4.79 Å². The molecule has 4 rings (SSSR count). The van der Waals surface area contributed by atoms with E-state index in [4.69, 9.17) is 0 Å². The molecule has 1 unspecified atom stereocenters. The van der Waals surface area contributed by atoms with Gasteiger partial charge in [0.2, 0.25) is 5.91 Å². The molecular weight excluding hydrogens is 392 g/mol. The van der Waals surface area contributed by atoms with Gasteiger partial charge in [-0.25, -0.2) is 4.98 Å². The number of thioether (sulfide) groups is 1. The predicted molar refractivity (Wildman–Crippen MR) is 124 cm³/mol. The van der Waals surface area contributed by atoms with Crippen molar-refractivity contribution in [2.45, 2.75) is 31.2 Å². The maximum absolute atomic E-state index is 13.1. The van der Waals surface area contributed by atoms with E-state index in [0.29, 0.717) is 0 Å². The van der Waals surface area contributed by atoms with E-state index in [0.717, 1.165) is 37.0 Å². The summed E-state index contributed by atoms with van der Waals surface area (Å²) in [6.07, 6.45) is 3.78. The minimum Gasteiger partial charge on any atom is -0.368 e. The van der Waals surface area contributed by atoms with Gasteiger partial charge in [-0.05, 0) is 50.1 Å². The lowest BCUT2D eigenvalue weighted by atomic mass is 10.1. The number of hydrogen-bond donors (Lipinski definition) is 0. The van der Waals surface area contributed by atoms with Gasteiger partial charge in [0.1, 0.15) is 0 Å². The third-order valence-electron chi connectivity index (χ3n) is 5.57. The molecule has 1 aliphatic heterocycles. The maximum Gasteiger partial charge on any atom is 0.236 e. The molecule has 1 aromatic heterocycles. The van der Waals surface area contributed by atoms with Crippen molar-refractivity contribution in [3.63, 3.8) is 0 Å². The average Bonchev–Trinajstić information content (AvgIpc) is 3.23. The highest BCUT2D eigenvalue weighted by Crippen LogP contribution is 2.28. The zero-order valence-electron chi connectivity index (χ0n) is 17.8. The second-order valence-electron chi connectivity index (χ2n) is 7.78. The van der Waals surface area contributed by atoms with E-state index < -0.39 is 0 Å². The lowest BCUT2D eigenvalue weighted by molar-refractivity contribution is -0.130. The summed E-state index contributed by atoms with van der Waals surface area (Å²) in [5.74, 6) is 0.184. The average molecular weight is 421 g/mol. The molecule has 5 nitrogen and oxygen atoms in total. The van der Waals surface area contributed by atoms with Crippen LogP contribution in [0, 0.1) is 13.8 Å². The van der Waals surface area contributed by atoms with E-state index >= 15 is 0 Å². The Morgan fingerprint density at radius 3 is 2.50 bits per heavy atom. The Bertz CT molecular complexity index is 1010. The Balaban J connectivity index is 1.41. The zero-order valence-corrected chi connectivity index (χ0v) is 18.6. The number of imidazole rings is 1. The highest BCUT2D eigenvalue weighted by atomic mass is 32.2. The van der Waals surface area contributed by atoms with E-state index in [9.17, 15) is 4.79 Å². The number of aromatic nitrogens is 2. The van der Waals surface area contributed by atoms with E-state index in [2.05, 4.69) is 70.8 Å². The molecule has 1 amide bonds. The Labute approximate surface area is 182 Å². The van der Waals surface area contributed by atoms with Gasteiger partial charge in [-0.2, -0.15) is 0 Å². The largest absolute Gasteiger partial charge is 0.368 e. The maximum atomic E-state index is 13.1. The number of nitrogens with zero attached hydrogens (tertiary/aromatic N) is 4. The molecule has 2 heterocycles. The Morgan fingerprint density at radius 2 is 1.77 bits per heavy atom. The first kappa shape index (κ1) is 20.5. The predicted octanol–water partition coefficient (Wildman–Crippen LogP) is 4.32. The van der Waals surface area contributed by atoms with Crippen molar-refractivity contribution in [2.75, 3.05) is 31.1 Å². The van der Waals surface area contributed by atoms with Gasteiger partial charge in [0, 0.05) is 44.3 Å². The van der Waals surface area contributed by atoms with Gasteiger partial charge >= 0.3 is 0 Å². The highest BCUT2D eigenvalue weighted by Gasteiger charge is 2.26. The van der Waals surface area contributed by atoms with Crippen molar-refractivity contribution in [1.82, 2.24) is 14.5 Å². The first-order valence-corrected chi connectivity index (χ1v) is 11.3. The molecule has 0 bridgehead atoms. The summed E-state index contributed by atoms with van der Waals surface area (Å²) in [5.41, 5.74) is 4.74. The molecule has 3 aromatic rings. The number of amides is 1. The quantitative estimate of drug-likeness (QED) is 0.577. The third-order valence-corrected chi connectivity index (χ3v) is 6.64. The zero-order chi connectivity index (χ0) is 21.1. The first-order valence-electron chi connectivity index (χ1n) is 10.4. The normalized spacial score (nSPS) is 15.3. The lowest BCUT2D eigenvalue weighted by Crippen LogP contribution is -2.50. The standard InChI is InChI=1S/C24H28N4OS/c1-18-9-10-19(2)22(17-18)28-12-11-25-24(28)30-20(3)23(29)27-15-13-26(14-16-27)21-7-5-4-6-8-21/h4-12,17,20H,13-16H2,1-3H3. The molecule has 2 aromatic carbocycles. The minimum absolute atomic E-state index is 0.181. The Kier molecular flexibility index (Phi) is 6.13. The minimum atomic E-state index is -0.181. The smallest absolute Gasteiger partial charge is 0.236 e. The van der Waals surface area contributed by atoms with Gasteiger partial charge in [-0.1, -0.05) is 42.1 Å². The van der Waals surface area contributed by atoms with E-state index in [-0.39, 0.29) is 11.2 Å². The van der Waals surface area contributed by atoms with Gasteiger partial charge in [-0.3, -0.25) is 9.36 Å². The number of benzene rings is 2. The SMILES string of the molecule is Cc1ccc(C)c(-n2ccnc2SC(C)C(=O)N2CCN(c3ccccc3)CC2)c1. The monoisotopic (exact) mass is 420 g/mol. The third kappa shape index (κ3) is 4.38. The van der Waals surface area contributed by atoms with Crippen LogP contribution < -0.4 is 4.90 Å². The van der Waals surface area contributed by atoms with Crippen LogP contribution in [-0.2, 0) is 4.79 Å². The second kappa shape index (κ2) is 8.96. The Hall–Kier alpha value is -2.73. The van der Waals surface area contributed by atoms with Crippen molar-refractivity contribution in [3.05, 3.63) is 72.1 Å². The van der Waals surface area contributed by atoms with Gasteiger partial charge in [-0.15, -0.1) is 0 Å². The van der Waals surface area contributed by atoms with E-state index in [1.54, 1.807) is 6.20 Å². The molecule has 0 spiro atoms. The molecule has 6 heteroatoms. The van der Waals surface area contributed by atoms with Crippen LogP contribution in [-0.4, -0.2) is 51.8 Å². The van der Waals surface area contributed by atoms with Crippen molar-refractivity contribution >= 4 is 23.4 Å². The first-order chi connectivity index (χ1) is 14.5. The molecule has 0 saturated carbocycles. The summed E-state index contributed by atoms with van der Waals surface area (Å²) < 4.78 is 2.09. The van der Waals surface area contributed by atoms with Crippen LogP contribution in [0.2, 0.25) is 0 Å². The molecule has 30 heavy (non-hydrogen) atoms. The number of rotatable bonds is 5. The fraction of sp³-hybridized carbons (Fsp3) is 0.333. The fourth-order valence-corrected chi connectivity index (χ4v) is 4.79. The molecule has 1 atom stereocenters. The van der Waals surface area contributed by atoms with Crippen LogP contribution in [0.5, 0.6) is 0 Å². The number of aryl methyl sites for hydroxylation is 2. The molecule has 1 aliphatic rings. The molecule has 0 aliphatic carbocycles. The summed E-state index contributed by atoms with van der Waals surface area (Å²) in [4.78, 5) is 21.9. The topological polar surface area (TPSA) is 41.4 Å². The number of carbonyl (C=O) groups excluding carboxylic acids is 1. The van der Waals surface area contributed by atoms with Gasteiger partial charge < -0.3 is 9.80 Å². The van der Waals surface area contributed by atoms with Crippen LogP contribution in [0.15, 0.2) is 66.1 Å². The van der Waals surface area contributed by atoms with Crippen LogP contribution in [0.25, 0.3) is 5.69 Å². The number of hydrogen-bond acceptors (Lipinski definition) is 4. The molecule has 0 N–H and O–H groups in total. The summed E-state index contributed by atoms with van der Waals surface area (Å²) >= 11 is 1.53. The van der Waals surface area contributed by atoms with Crippen molar-refractivity contribution in [2.24, 2.45) is 0 Å². The Morgan fingerprint density at radius 1 is 1.03 bits per heavy atom. The number of para-hydroxylation sites is 1. The van der Waals surface area contributed by atoms with Crippen molar-refractivity contribution in [3.8, 4) is 5.69 Å². The second-order valence-corrected chi connectivity index (χ2v) is 9.09. The summed E-state index contributed by atoms with van der Waals surface area (Å²) in [5, 5.41) is 0.673. The molecular formula is C24H28N4OS. The fourth-order valence-electron chi connectivity index (χ4n) is 3.83. The van der Waals surface area contributed by atoms with Gasteiger partial charge in [0.25, 0.3) is 0 Å². The van der Waals surface area contributed by atoms with Crippen LogP contribution >= 0.6 is 11.8 Å². The van der Waals surface area contributed by atoms with Crippen LogP contribution in [0.1, 0.15) is 18.1 Å². The van der Waals surface area contributed by atoms with Gasteiger partial charge in [0.05, 0.1) is 10.9 Å². The van der Waals surface area contributed by atoms with E-state index in [1.807, 2.05) is 24.1 Å². The van der Waals surface area contributed by atoms with Crippen LogP contribution in [0.4, 0.5) is 5.69 Å². The molecule has 156 valence electrons. The molecule has 0 radical (unpaired) electrons. The highest BCUT2D eigenvalue weighted by molar-refractivity contribution is 8.00. The summed E-state index contributed by atoms with van der Waals surface area (Å²) in [6, 6.07) is 16.8. The number of anilines is 1. The van der Waals surface area contributed by atoms with Crippen molar-refractivity contribution in [1.29, 1.82) is 0 Å². The summed E-state index contributed by atoms with van der Waals surface area (Å²) in [7, 11) is 0.